The van der Waals surface area contributed by atoms with E-state index in [1.165, 1.54) is 31.2 Å². The molecule has 7 heteroatoms. The van der Waals surface area contributed by atoms with E-state index in [1.807, 2.05) is 0 Å². The summed E-state index contributed by atoms with van der Waals surface area (Å²) in [5, 5.41) is 21.9. The maximum Gasteiger partial charge on any atom is 0.326 e. The molecule has 1 aromatic carbocycles. The van der Waals surface area contributed by atoms with Crippen molar-refractivity contribution in [3.63, 3.8) is 0 Å². The number of aliphatic carboxylic acids is 1. The summed E-state index contributed by atoms with van der Waals surface area (Å²) in [4.78, 5) is 32.1. The summed E-state index contributed by atoms with van der Waals surface area (Å²) < 4.78 is 0. The van der Waals surface area contributed by atoms with Crippen molar-refractivity contribution in [2.24, 2.45) is 0 Å². The number of carbonyl (C=O) groups excluding carboxylic acids is 1. The minimum atomic E-state index is -1.15. The fraction of sp³-hybridized carbons (Fsp3) is 0.333. The van der Waals surface area contributed by atoms with Crippen LogP contribution in [0.25, 0.3) is 0 Å². The quantitative estimate of drug-likeness (QED) is 0.616. The van der Waals surface area contributed by atoms with Gasteiger partial charge in [-0.3, -0.25) is 14.9 Å². The van der Waals surface area contributed by atoms with Gasteiger partial charge in [-0.05, 0) is 5.56 Å². The Morgan fingerprint density at radius 1 is 1.32 bits per heavy atom. The lowest BCUT2D eigenvalue weighted by atomic mass is 9.93. The predicted octanol–water partition coefficient (Wildman–Crippen LogP) is 1.29. The van der Waals surface area contributed by atoms with Crippen molar-refractivity contribution in [1.29, 1.82) is 0 Å². The van der Waals surface area contributed by atoms with Crippen LogP contribution in [0, 0.1) is 10.1 Å². The summed E-state index contributed by atoms with van der Waals surface area (Å²) in [6, 6.07) is 4.51. The molecule has 1 aromatic rings. The van der Waals surface area contributed by atoms with Crippen LogP contribution in [0.15, 0.2) is 24.3 Å². The largest absolute Gasteiger partial charge is 0.480 e. The van der Waals surface area contributed by atoms with Gasteiger partial charge >= 0.3 is 5.97 Å². The fourth-order valence-corrected chi connectivity index (χ4v) is 1.71. The van der Waals surface area contributed by atoms with Crippen molar-refractivity contribution in [1.82, 2.24) is 5.32 Å². The number of nitrogens with zero attached hydrogens (tertiary/aromatic N) is 1. The molecule has 7 nitrogen and oxygen atoms in total. The lowest BCUT2D eigenvalue weighted by Crippen LogP contribution is -2.43. The molecule has 2 atom stereocenters. The summed E-state index contributed by atoms with van der Waals surface area (Å²) in [5.74, 6) is -2.09. The highest BCUT2D eigenvalue weighted by Crippen LogP contribution is 2.22. The highest BCUT2D eigenvalue weighted by Gasteiger charge is 2.26. The van der Waals surface area contributed by atoms with E-state index >= 15 is 0 Å². The first kappa shape index (κ1) is 14.6. The summed E-state index contributed by atoms with van der Waals surface area (Å²) >= 11 is 0. The third-order valence-electron chi connectivity index (χ3n) is 2.75. The number of carboxylic acids is 1. The van der Waals surface area contributed by atoms with Gasteiger partial charge in [0.05, 0.1) is 4.92 Å². The number of benzene rings is 1. The molecule has 0 aromatic heterocycles. The third-order valence-corrected chi connectivity index (χ3v) is 2.75. The van der Waals surface area contributed by atoms with E-state index in [1.54, 1.807) is 6.92 Å². The average molecular weight is 266 g/mol. The molecule has 0 aliphatic carbocycles. The molecule has 0 heterocycles. The zero-order chi connectivity index (χ0) is 14.6. The van der Waals surface area contributed by atoms with Gasteiger partial charge in [-0.15, -0.1) is 0 Å². The maximum atomic E-state index is 11.1. The minimum absolute atomic E-state index is 0.0673. The van der Waals surface area contributed by atoms with Crippen molar-refractivity contribution < 1.29 is 19.6 Å². The van der Waals surface area contributed by atoms with E-state index in [-0.39, 0.29) is 5.69 Å². The molecule has 102 valence electrons. The van der Waals surface area contributed by atoms with Crippen molar-refractivity contribution >= 4 is 17.6 Å². The van der Waals surface area contributed by atoms with Crippen LogP contribution in [-0.4, -0.2) is 27.9 Å². The van der Waals surface area contributed by atoms with Gasteiger partial charge in [0.25, 0.3) is 5.69 Å². The van der Waals surface area contributed by atoms with Crippen LogP contribution in [0.3, 0.4) is 0 Å². The SMILES string of the molecule is CC(=O)NC(C(=O)O)C(C)c1ccc([N+](=O)[O-])cc1. The van der Waals surface area contributed by atoms with Crippen LogP contribution in [-0.2, 0) is 9.59 Å². The molecule has 0 bridgehead atoms. The van der Waals surface area contributed by atoms with E-state index in [0.29, 0.717) is 5.56 Å². The summed E-state index contributed by atoms with van der Waals surface area (Å²) in [6.07, 6.45) is 0. The molecule has 0 saturated carbocycles. The Morgan fingerprint density at radius 3 is 2.21 bits per heavy atom. The van der Waals surface area contributed by atoms with E-state index in [4.69, 9.17) is 5.11 Å². The highest BCUT2D eigenvalue weighted by atomic mass is 16.6. The third kappa shape index (κ3) is 3.77. The number of rotatable bonds is 5. The van der Waals surface area contributed by atoms with E-state index in [9.17, 15) is 19.7 Å². The first-order chi connectivity index (χ1) is 8.82. The van der Waals surface area contributed by atoms with Crippen LogP contribution in [0.4, 0.5) is 5.69 Å². The van der Waals surface area contributed by atoms with Crippen LogP contribution < -0.4 is 5.32 Å². The van der Waals surface area contributed by atoms with Crippen LogP contribution >= 0.6 is 0 Å². The molecule has 0 spiro atoms. The molecule has 19 heavy (non-hydrogen) atoms. The molecule has 2 unspecified atom stereocenters. The number of non-ortho nitro benzene ring substituents is 1. The van der Waals surface area contributed by atoms with Gasteiger partial charge in [-0.25, -0.2) is 4.79 Å². The van der Waals surface area contributed by atoms with Crippen molar-refractivity contribution in [2.75, 3.05) is 0 Å². The second-order valence-corrected chi connectivity index (χ2v) is 4.15. The monoisotopic (exact) mass is 266 g/mol. The number of hydrogen-bond acceptors (Lipinski definition) is 4. The van der Waals surface area contributed by atoms with Gasteiger partial charge in [0, 0.05) is 25.0 Å². The topological polar surface area (TPSA) is 110 Å². The maximum absolute atomic E-state index is 11.1. The van der Waals surface area contributed by atoms with E-state index < -0.39 is 28.8 Å². The fourth-order valence-electron chi connectivity index (χ4n) is 1.71. The molecule has 1 rings (SSSR count). The Labute approximate surface area is 109 Å². The number of nitro groups is 1. The number of nitrogens with one attached hydrogen (secondary N) is 1. The number of nitro benzene ring substituents is 1. The molecule has 2 N–H and O–H groups in total. The molecule has 0 aliphatic heterocycles. The van der Waals surface area contributed by atoms with Gasteiger partial charge in [-0.2, -0.15) is 0 Å². The Hall–Kier alpha value is -2.44. The second kappa shape index (κ2) is 5.94. The number of carbonyl (C=O) groups is 2. The lowest BCUT2D eigenvalue weighted by Gasteiger charge is -2.21. The van der Waals surface area contributed by atoms with Crippen LogP contribution in [0.1, 0.15) is 25.3 Å². The zero-order valence-electron chi connectivity index (χ0n) is 10.5. The standard InChI is InChI=1S/C12H14N2O5/c1-7(11(12(16)17)13-8(2)15)9-3-5-10(6-4-9)14(18)19/h3-7,11H,1-2H3,(H,13,15)(H,16,17). The molecule has 0 aliphatic rings. The first-order valence-corrected chi connectivity index (χ1v) is 5.57. The number of amides is 1. The second-order valence-electron chi connectivity index (χ2n) is 4.15. The molecular weight excluding hydrogens is 252 g/mol. The number of hydrogen-bond donors (Lipinski definition) is 2. The summed E-state index contributed by atoms with van der Waals surface area (Å²) in [5.41, 5.74) is 0.536. The molecule has 0 fully saturated rings. The minimum Gasteiger partial charge on any atom is -0.480 e. The molecule has 1 amide bonds. The first-order valence-electron chi connectivity index (χ1n) is 5.57. The van der Waals surface area contributed by atoms with Gasteiger partial charge < -0.3 is 10.4 Å². The smallest absolute Gasteiger partial charge is 0.326 e. The van der Waals surface area contributed by atoms with Gasteiger partial charge in [0.15, 0.2) is 0 Å². The molecule has 0 saturated heterocycles. The van der Waals surface area contributed by atoms with Crippen molar-refractivity contribution in [3.8, 4) is 0 Å². The number of carboxylic acid groups (broad SMARTS) is 1. The average Bonchev–Trinajstić information content (AvgIpc) is 2.34. The Balaban J connectivity index is 2.96. The van der Waals surface area contributed by atoms with Gasteiger partial charge in [0.1, 0.15) is 6.04 Å². The summed E-state index contributed by atoms with van der Waals surface area (Å²) in [6.45, 7) is 2.87. The van der Waals surface area contributed by atoms with E-state index in [2.05, 4.69) is 5.32 Å². The lowest BCUT2D eigenvalue weighted by molar-refractivity contribution is -0.384. The van der Waals surface area contributed by atoms with Gasteiger partial charge in [-0.1, -0.05) is 19.1 Å². The van der Waals surface area contributed by atoms with Crippen molar-refractivity contribution in [3.05, 3.63) is 39.9 Å². The molecular formula is C12H14N2O5. The zero-order valence-corrected chi connectivity index (χ0v) is 10.5. The Kier molecular flexibility index (Phi) is 4.57. The predicted molar refractivity (Wildman–Crippen MR) is 66.8 cm³/mol. The van der Waals surface area contributed by atoms with Crippen LogP contribution in [0.2, 0.25) is 0 Å². The van der Waals surface area contributed by atoms with Gasteiger partial charge in [0.2, 0.25) is 5.91 Å². The normalized spacial score (nSPS) is 13.4. The van der Waals surface area contributed by atoms with Crippen molar-refractivity contribution in [2.45, 2.75) is 25.8 Å². The Bertz CT molecular complexity index is 497. The van der Waals surface area contributed by atoms with Crippen LogP contribution in [0.5, 0.6) is 0 Å². The van der Waals surface area contributed by atoms with E-state index in [0.717, 1.165) is 0 Å². The highest BCUT2D eigenvalue weighted by molar-refractivity contribution is 5.83. The summed E-state index contributed by atoms with van der Waals surface area (Å²) in [7, 11) is 0. The molecule has 0 radical (unpaired) electrons. The Morgan fingerprint density at radius 2 is 1.84 bits per heavy atom.